The molecule has 98 valence electrons. The van der Waals surface area contributed by atoms with Crippen molar-refractivity contribution in [1.82, 2.24) is 15.1 Å². The Balaban J connectivity index is 2.09. The lowest BCUT2D eigenvalue weighted by atomic mass is 10.0. The molecule has 5 heteroatoms. The van der Waals surface area contributed by atoms with Crippen molar-refractivity contribution >= 4 is 17.7 Å². The molecule has 0 saturated carbocycles. The molecule has 3 unspecified atom stereocenters. The van der Waals surface area contributed by atoms with E-state index in [-0.39, 0.29) is 11.9 Å². The van der Waals surface area contributed by atoms with Gasteiger partial charge in [0, 0.05) is 45.5 Å². The Kier molecular flexibility index (Phi) is 4.33. The van der Waals surface area contributed by atoms with Gasteiger partial charge in [-0.15, -0.1) is 0 Å². The summed E-state index contributed by atoms with van der Waals surface area (Å²) in [6.45, 7) is 5.11. The Bertz CT molecular complexity index is 285. The molecule has 2 aliphatic rings. The minimum atomic E-state index is 0.0323. The number of hydrogen-bond donors (Lipinski definition) is 1. The quantitative estimate of drug-likeness (QED) is 0.761. The molecule has 2 heterocycles. The first-order valence-electron chi connectivity index (χ1n) is 6.36. The van der Waals surface area contributed by atoms with Gasteiger partial charge in [0.15, 0.2) is 0 Å². The predicted molar refractivity (Wildman–Crippen MR) is 72.3 cm³/mol. The van der Waals surface area contributed by atoms with Gasteiger partial charge in [-0.1, -0.05) is 6.92 Å². The highest BCUT2D eigenvalue weighted by atomic mass is 32.2. The second kappa shape index (κ2) is 5.59. The number of hydrogen-bond acceptors (Lipinski definition) is 4. The SMILES string of the molecule is CC1CSCC1N1CCNCC1C(=O)N(C)C. The van der Waals surface area contributed by atoms with Gasteiger partial charge in [0.25, 0.3) is 0 Å². The number of piperazine rings is 1. The number of likely N-dealkylation sites (N-methyl/N-ethyl adjacent to an activating group) is 1. The zero-order chi connectivity index (χ0) is 12.4. The molecule has 3 atom stereocenters. The van der Waals surface area contributed by atoms with Crippen molar-refractivity contribution in [2.45, 2.75) is 19.0 Å². The number of carbonyl (C=O) groups excluding carboxylic acids is 1. The number of nitrogens with zero attached hydrogens (tertiary/aromatic N) is 2. The van der Waals surface area contributed by atoms with E-state index in [1.807, 2.05) is 25.9 Å². The van der Waals surface area contributed by atoms with Crippen LogP contribution in [0.5, 0.6) is 0 Å². The Morgan fingerprint density at radius 3 is 2.76 bits per heavy atom. The summed E-state index contributed by atoms with van der Waals surface area (Å²) in [5, 5.41) is 3.34. The number of carbonyl (C=O) groups is 1. The summed E-state index contributed by atoms with van der Waals surface area (Å²) in [7, 11) is 3.70. The average Bonchev–Trinajstić information content (AvgIpc) is 2.74. The summed E-state index contributed by atoms with van der Waals surface area (Å²) in [6.07, 6.45) is 0. The number of nitrogens with one attached hydrogen (secondary N) is 1. The van der Waals surface area contributed by atoms with Gasteiger partial charge in [0.2, 0.25) is 5.91 Å². The summed E-state index contributed by atoms with van der Waals surface area (Å²) in [4.78, 5) is 16.4. The molecular weight excluding hydrogens is 234 g/mol. The molecule has 2 aliphatic heterocycles. The minimum Gasteiger partial charge on any atom is -0.347 e. The Hall–Kier alpha value is -0.260. The van der Waals surface area contributed by atoms with E-state index in [0.717, 1.165) is 19.6 Å². The first-order chi connectivity index (χ1) is 8.11. The summed E-state index contributed by atoms with van der Waals surface area (Å²) in [5.41, 5.74) is 0. The molecule has 2 fully saturated rings. The van der Waals surface area contributed by atoms with Crippen molar-refractivity contribution < 1.29 is 4.79 Å². The van der Waals surface area contributed by atoms with Gasteiger partial charge in [-0.05, 0) is 11.7 Å². The van der Waals surface area contributed by atoms with Crippen LogP contribution in [0.3, 0.4) is 0 Å². The second-order valence-electron chi connectivity index (χ2n) is 5.27. The molecule has 0 aromatic rings. The van der Waals surface area contributed by atoms with Gasteiger partial charge in [-0.3, -0.25) is 9.69 Å². The van der Waals surface area contributed by atoms with Gasteiger partial charge in [0.05, 0.1) is 0 Å². The number of thioether (sulfide) groups is 1. The standard InChI is InChI=1S/C12H23N3OS/c1-9-7-17-8-11(9)15-5-4-13-6-10(15)12(16)14(2)3/h9-11,13H,4-8H2,1-3H3. The van der Waals surface area contributed by atoms with Crippen LogP contribution in [-0.2, 0) is 4.79 Å². The minimum absolute atomic E-state index is 0.0323. The van der Waals surface area contributed by atoms with Crippen molar-refractivity contribution in [3.8, 4) is 0 Å². The molecule has 4 nitrogen and oxygen atoms in total. The third kappa shape index (κ3) is 2.77. The van der Waals surface area contributed by atoms with Crippen LogP contribution >= 0.6 is 11.8 Å². The van der Waals surface area contributed by atoms with Crippen LogP contribution in [0.15, 0.2) is 0 Å². The fraction of sp³-hybridized carbons (Fsp3) is 0.917. The normalized spacial score (nSPS) is 34.9. The lowest BCUT2D eigenvalue weighted by Gasteiger charge is -2.41. The van der Waals surface area contributed by atoms with Gasteiger partial charge >= 0.3 is 0 Å². The first kappa shape index (κ1) is 13.2. The monoisotopic (exact) mass is 257 g/mol. The second-order valence-corrected chi connectivity index (χ2v) is 6.35. The molecule has 0 aliphatic carbocycles. The highest BCUT2D eigenvalue weighted by Crippen LogP contribution is 2.29. The maximum atomic E-state index is 12.2. The third-order valence-corrected chi connectivity index (χ3v) is 5.10. The first-order valence-corrected chi connectivity index (χ1v) is 7.52. The predicted octanol–water partition coefficient (Wildman–Crippen LogP) is 0.0999. The highest BCUT2D eigenvalue weighted by Gasteiger charge is 2.38. The van der Waals surface area contributed by atoms with Crippen molar-refractivity contribution in [2.75, 3.05) is 45.2 Å². The molecular formula is C12H23N3OS. The van der Waals surface area contributed by atoms with E-state index in [1.54, 1.807) is 4.90 Å². The fourth-order valence-electron chi connectivity index (χ4n) is 2.72. The summed E-state index contributed by atoms with van der Waals surface area (Å²) in [6, 6.07) is 0.612. The Morgan fingerprint density at radius 1 is 1.41 bits per heavy atom. The lowest BCUT2D eigenvalue weighted by Crippen LogP contribution is -2.61. The van der Waals surface area contributed by atoms with E-state index in [1.165, 1.54) is 11.5 Å². The molecule has 1 N–H and O–H groups in total. The molecule has 0 aromatic heterocycles. The summed E-state index contributed by atoms with van der Waals surface area (Å²) in [5.74, 6) is 3.35. The zero-order valence-electron chi connectivity index (χ0n) is 11.0. The fourth-order valence-corrected chi connectivity index (χ4v) is 4.21. The molecule has 0 aromatic carbocycles. The van der Waals surface area contributed by atoms with Crippen molar-refractivity contribution in [1.29, 1.82) is 0 Å². The van der Waals surface area contributed by atoms with Crippen LogP contribution in [0.25, 0.3) is 0 Å². The molecule has 2 rings (SSSR count). The van der Waals surface area contributed by atoms with Crippen molar-refractivity contribution in [3.05, 3.63) is 0 Å². The van der Waals surface area contributed by atoms with Gasteiger partial charge in [-0.25, -0.2) is 0 Å². The van der Waals surface area contributed by atoms with Crippen LogP contribution in [0.4, 0.5) is 0 Å². The third-order valence-electron chi connectivity index (χ3n) is 3.76. The number of amides is 1. The van der Waals surface area contributed by atoms with Gasteiger partial charge in [0.1, 0.15) is 6.04 Å². The molecule has 1 amide bonds. The Morgan fingerprint density at radius 2 is 2.18 bits per heavy atom. The van der Waals surface area contributed by atoms with Crippen LogP contribution in [0.2, 0.25) is 0 Å². The van der Waals surface area contributed by atoms with Crippen LogP contribution in [0.1, 0.15) is 6.92 Å². The van der Waals surface area contributed by atoms with E-state index >= 15 is 0 Å². The van der Waals surface area contributed by atoms with Gasteiger partial charge in [-0.2, -0.15) is 11.8 Å². The van der Waals surface area contributed by atoms with Crippen LogP contribution in [-0.4, -0.2) is 73.0 Å². The van der Waals surface area contributed by atoms with Gasteiger partial charge < -0.3 is 10.2 Å². The maximum Gasteiger partial charge on any atom is 0.240 e. The maximum absolute atomic E-state index is 12.2. The van der Waals surface area contributed by atoms with E-state index in [4.69, 9.17) is 0 Å². The molecule has 0 spiro atoms. The lowest BCUT2D eigenvalue weighted by molar-refractivity contribution is -0.136. The zero-order valence-corrected chi connectivity index (χ0v) is 11.8. The van der Waals surface area contributed by atoms with Crippen molar-refractivity contribution in [2.24, 2.45) is 5.92 Å². The molecule has 0 bridgehead atoms. The average molecular weight is 257 g/mol. The van der Waals surface area contributed by atoms with E-state index in [9.17, 15) is 4.79 Å². The van der Waals surface area contributed by atoms with Crippen LogP contribution < -0.4 is 5.32 Å². The van der Waals surface area contributed by atoms with Crippen molar-refractivity contribution in [3.63, 3.8) is 0 Å². The Labute approximate surface area is 108 Å². The topological polar surface area (TPSA) is 35.6 Å². The largest absolute Gasteiger partial charge is 0.347 e. The summed E-state index contributed by atoms with van der Waals surface area (Å²) < 4.78 is 0. The molecule has 17 heavy (non-hydrogen) atoms. The smallest absolute Gasteiger partial charge is 0.240 e. The van der Waals surface area contributed by atoms with E-state index in [0.29, 0.717) is 12.0 Å². The van der Waals surface area contributed by atoms with Crippen LogP contribution in [0, 0.1) is 5.92 Å². The number of rotatable bonds is 2. The van der Waals surface area contributed by atoms with E-state index in [2.05, 4.69) is 17.1 Å². The molecule has 2 saturated heterocycles. The summed E-state index contributed by atoms with van der Waals surface area (Å²) >= 11 is 2.02. The highest BCUT2D eigenvalue weighted by molar-refractivity contribution is 7.99. The molecule has 0 radical (unpaired) electrons. The van der Waals surface area contributed by atoms with E-state index < -0.39 is 0 Å².